The molecule has 0 fully saturated rings. The fourth-order valence-corrected chi connectivity index (χ4v) is 3.66. The average molecular weight is 371 g/mol. The number of rotatable bonds is 7. The molecule has 2 rings (SSSR count). The summed E-state index contributed by atoms with van der Waals surface area (Å²) in [6, 6.07) is 15.4. The third-order valence-electron chi connectivity index (χ3n) is 3.82. The fourth-order valence-electron chi connectivity index (χ4n) is 2.38. The summed E-state index contributed by atoms with van der Waals surface area (Å²) >= 11 is 0. The van der Waals surface area contributed by atoms with Crippen LogP contribution in [-0.4, -0.2) is 20.4 Å². The zero-order valence-corrected chi connectivity index (χ0v) is 15.5. The third kappa shape index (κ3) is 5.15. The zero-order valence-electron chi connectivity index (χ0n) is 14.7. The maximum atomic E-state index is 12.6. The minimum absolute atomic E-state index is 0.0639. The van der Waals surface area contributed by atoms with Gasteiger partial charge in [-0.15, -0.1) is 0 Å². The van der Waals surface area contributed by atoms with Crippen LogP contribution in [0.1, 0.15) is 34.8 Å². The second-order valence-electron chi connectivity index (χ2n) is 6.03. The first-order valence-corrected chi connectivity index (χ1v) is 9.64. The molecular weight excluding hydrogens is 350 g/mol. The Morgan fingerprint density at radius 2 is 1.88 bits per heavy atom. The van der Waals surface area contributed by atoms with E-state index < -0.39 is 15.9 Å². The molecule has 1 amide bonds. The largest absolute Gasteiger partial charge is 0.349 e. The van der Waals surface area contributed by atoms with E-state index >= 15 is 0 Å². The molecule has 0 saturated carbocycles. The summed E-state index contributed by atoms with van der Waals surface area (Å²) in [7, 11) is -3.77. The number of benzene rings is 2. The quantitative estimate of drug-likeness (QED) is 0.781. The highest BCUT2D eigenvalue weighted by Gasteiger charge is 2.19. The molecule has 0 aliphatic carbocycles. The number of carbonyl (C=O) groups excluding carboxylic acids is 1. The first-order chi connectivity index (χ1) is 12.3. The molecular formula is C19H21N3O3S. The lowest BCUT2D eigenvalue weighted by Crippen LogP contribution is -2.32. The Bertz CT molecular complexity index is 919. The first-order valence-electron chi connectivity index (χ1n) is 8.15. The van der Waals surface area contributed by atoms with Crippen LogP contribution in [0.4, 0.5) is 0 Å². The molecule has 0 aliphatic rings. The Hall–Kier alpha value is -2.69. The number of carbonyl (C=O) groups is 1. The summed E-state index contributed by atoms with van der Waals surface area (Å²) in [5, 5.41) is 11.3. The third-order valence-corrected chi connectivity index (χ3v) is 5.37. The van der Waals surface area contributed by atoms with Gasteiger partial charge in [0.25, 0.3) is 5.91 Å². The maximum absolute atomic E-state index is 12.6. The minimum atomic E-state index is -3.77. The number of sulfonamides is 1. The van der Waals surface area contributed by atoms with Gasteiger partial charge in [-0.05, 0) is 37.1 Å². The van der Waals surface area contributed by atoms with E-state index in [0.29, 0.717) is 5.56 Å². The van der Waals surface area contributed by atoms with E-state index in [9.17, 15) is 13.2 Å². The second kappa shape index (κ2) is 8.61. The lowest BCUT2D eigenvalue weighted by atomic mass is 10.1. The van der Waals surface area contributed by atoms with Crippen LogP contribution in [0.25, 0.3) is 0 Å². The van der Waals surface area contributed by atoms with E-state index in [-0.39, 0.29) is 29.5 Å². The Kier molecular flexibility index (Phi) is 6.50. The topological polar surface area (TPSA) is 99.1 Å². The highest BCUT2D eigenvalue weighted by molar-refractivity contribution is 7.89. The van der Waals surface area contributed by atoms with Crippen LogP contribution in [0.2, 0.25) is 0 Å². The molecule has 1 atom stereocenters. The molecule has 6 nitrogen and oxygen atoms in total. The van der Waals surface area contributed by atoms with Crippen molar-refractivity contribution in [2.75, 3.05) is 0 Å². The number of aryl methyl sites for hydroxylation is 1. The number of nitriles is 1. The molecule has 1 unspecified atom stereocenters. The molecule has 0 aromatic heterocycles. The van der Waals surface area contributed by atoms with E-state index in [1.54, 1.807) is 26.0 Å². The molecule has 0 bridgehead atoms. The van der Waals surface area contributed by atoms with Crippen molar-refractivity contribution in [1.29, 1.82) is 5.26 Å². The van der Waals surface area contributed by atoms with Gasteiger partial charge in [0.1, 0.15) is 0 Å². The Morgan fingerprint density at radius 1 is 1.19 bits per heavy atom. The van der Waals surface area contributed by atoms with Crippen LogP contribution in [-0.2, 0) is 16.6 Å². The van der Waals surface area contributed by atoms with Crippen molar-refractivity contribution < 1.29 is 13.2 Å². The fraction of sp³-hybridized carbons (Fsp3) is 0.263. The van der Waals surface area contributed by atoms with Crippen molar-refractivity contribution in [2.45, 2.75) is 37.8 Å². The van der Waals surface area contributed by atoms with Crippen molar-refractivity contribution in [3.05, 3.63) is 65.2 Å². The predicted molar refractivity (Wildman–Crippen MR) is 98.8 cm³/mol. The van der Waals surface area contributed by atoms with Gasteiger partial charge in [-0.2, -0.15) is 5.26 Å². The molecule has 2 aromatic carbocycles. The van der Waals surface area contributed by atoms with Crippen LogP contribution >= 0.6 is 0 Å². The summed E-state index contributed by atoms with van der Waals surface area (Å²) in [6.45, 7) is 3.56. The van der Waals surface area contributed by atoms with Gasteiger partial charge in [-0.25, -0.2) is 13.1 Å². The van der Waals surface area contributed by atoms with Crippen LogP contribution in [0.3, 0.4) is 0 Å². The molecule has 2 N–H and O–H groups in total. The summed E-state index contributed by atoms with van der Waals surface area (Å²) in [5.74, 6) is -0.410. The van der Waals surface area contributed by atoms with Gasteiger partial charge in [0, 0.05) is 18.2 Å². The van der Waals surface area contributed by atoms with Crippen molar-refractivity contribution in [3.63, 3.8) is 0 Å². The van der Waals surface area contributed by atoms with Crippen LogP contribution in [0.5, 0.6) is 0 Å². The Labute approximate surface area is 153 Å². The predicted octanol–water partition coefficient (Wildman–Crippen LogP) is 2.51. The first kappa shape index (κ1) is 19.6. The monoisotopic (exact) mass is 371 g/mol. The highest BCUT2D eigenvalue weighted by atomic mass is 32.2. The lowest BCUT2D eigenvalue weighted by Gasteiger charge is -2.13. The van der Waals surface area contributed by atoms with Gasteiger partial charge in [0.05, 0.1) is 17.4 Å². The van der Waals surface area contributed by atoms with Crippen LogP contribution < -0.4 is 10.0 Å². The number of hydrogen-bond acceptors (Lipinski definition) is 4. The van der Waals surface area contributed by atoms with E-state index in [1.807, 2.05) is 36.4 Å². The second-order valence-corrected chi connectivity index (χ2v) is 7.76. The van der Waals surface area contributed by atoms with Gasteiger partial charge in [0.2, 0.25) is 10.0 Å². The standard InChI is InChI=1S/C19H21N3O3S/c1-14-8-9-17(19(23)22-15(2)10-11-20)12-18(14)26(24,25)21-13-16-6-4-3-5-7-16/h3-9,12,15,21H,10,13H2,1-2H3,(H,22,23). The van der Waals surface area contributed by atoms with Crippen LogP contribution in [0, 0.1) is 18.3 Å². The Morgan fingerprint density at radius 3 is 2.54 bits per heavy atom. The van der Waals surface area contributed by atoms with Crippen LogP contribution in [0.15, 0.2) is 53.4 Å². The number of hydrogen-bond donors (Lipinski definition) is 2. The molecule has 136 valence electrons. The maximum Gasteiger partial charge on any atom is 0.251 e. The molecule has 2 aromatic rings. The Balaban J connectivity index is 2.20. The lowest BCUT2D eigenvalue weighted by molar-refractivity contribution is 0.0940. The van der Waals surface area contributed by atoms with Gasteiger partial charge < -0.3 is 5.32 Å². The van der Waals surface area contributed by atoms with E-state index in [1.165, 1.54) is 6.07 Å². The normalized spacial score (nSPS) is 12.2. The van der Waals surface area contributed by atoms with E-state index in [4.69, 9.17) is 5.26 Å². The highest BCUT2D eigenvalue weighted by Crippen LogP contribution is 2.18. The average Bonchev–Trinajstić information content (AvgIpc) is 2.61. The van der Waals surface area contributed by atoms with Gasteiger partial charge in [-0.3, -0.25) is 4.79 Å². The SMILES string of the molecule is Cc1ccc(C(=O)NC(C)CC#N)cc1S(=O)(=O)NCc1ccccc1. The van der Waals surface area contributed by atoms with Crippen molar-refractivity contribution >= 4 is 15.9 Å². The van der Waals surface area contributed by atoms with E-state index in [2.05, 4.69) is 10.0 Å². The molecule has 7 heteroatoms. The minimum Gasteiger partial charge on any atom is -0.349 e. The zero-order chi connectivity index (χ0) is 19.2. The summed E-state index contributed by atoms with van der Waals surface area (Å²) < 4.78 is 27.8. The number of amides is 1. The van der Waals surface area contributed by atoms with Crippen molar-refractivity contribution in [1.82, 2.24) is 10.0 Å². The van der Waals surface area contributed by atoms with Crippen molar-refractivity contribution in [2.24, 2.45) is 0 Å². The molecule has 0 heterocycles. The smallest absolute Gasteiger partial charge is 0.251 e. The summed E-state index contributed by atoms with van der Waals surface area (Å²) in [6.07, 6.45) is 0.182. The summed E-state index contributed by atoms with van der Waals surface area (Å²) in [4.78, 5) is 12.3. The van der Waals surface area contributed by atoms with Gasteiger partial charge >= 0.3 is 0 Å². The van der Waals surface area contributed by atoms with Crippen molar-refractivity contribution in [3.8, 4) is 6.07 Å². The van der Waals surface area contributed by atoms with Gasteiger partial charge in [0.15, 0.2) is 0 Å². The molecule has 26 heavy (non-hydrogen) atoms. The summed E-state index contributed by atoms with van der Waals surface area (Å²) in [5.41, 5.74) is 1.63. The number of nitrogens with zero attached hydrogens (tertiary/aromatic N) is 1. The molecule has 0 aliphatic heterocycles. The number of nitrogens with one attached hydrogen (secondary N) is 2. The van der Waals surface area contributed by atoms with E-state index in [0.717, 1.165) is 5.56 Å². The van der Waals surface area contributed by atoms with Gasteiger partial charge in [-0.1, -0.05) is 36.4 Å². The molecule has 0 radical (unpaired) electrons. The molecule has 0 saturated heterocycles. The molecule has 0 spiro atoms.